The molecule has 1 aromatic rings. The number of aromatic nitrogens is 2. The first kappa shape index (κ1) is 20.7. The van der Waals surface area contributed by atoms with Crippen molar-refractivity contribution in [2.45, 2.75) is 78.1 Å². The molecule has 5 heteroatoms. The predicted octanol–water partition coefficient (Wildman–Crippen LogP) is 1.91. The summed E-state index contributed by atoms with van der Waals surface area (Å²) in [4.78, 5) is 15.3. The van der Waals surface area contributed by atoms with Crippen molar-refractivity contribution in [2.24, 2.45) is 0 Å². The first-order valence-electron chi connectivity index (χ1n) is 7.93. The summed E-state index contributed by atoms with van der Waals surface area (Å²) in [6, 6.07) is 0. The molecule has 0 aliphatic heterocycles. The zero-order chi connectivity index (χ0) is 14.8. The van der Waals surface area contributed by atoms with E-state index in [0.717, 1.165) is 18.5 Å². The Kier molecular flexibility index (Phi) is 12.1. The Labute approximate surface area is 152 Å². The van der Waals surface area contributed by atoms with E-state index >= 15 is 0 Å². The molecule has 0 aliphatic carbocycles. The van der Waals surface area contributed by atoms with Crippen LogP contribution in [0.3, 0.4) is 0 Å². The number of nitrogens with zero attached hydrogens (tertiary/aromatic N) is 2. The third-order valence-electron chi connectivity index (χ3n) is 3.61. The average Bonchev–Trinajstić information content (AvgIpc) is 2.78. The van der Waals surface area contributed by atoms with Crippen LogP contribution in [-0.2, 0) is 6.42 Å². The van der Waals surface area contributed by atoms with Crippen LogP contribution in [0.25, 0.3) is 0 Å². The van der Waals surface area contributed by atoms with E-state index in [9.17, 15) is 4.79 Å². The molecule has 1 N–H and O–H groups in total. The second-order valence-electron chi connectivity index (χ2n) is 5.53. The fourth-order valence-electron chi connectivity index (χ4n) is 2.48. The van der Waals surface area contributed by atoms with Gasteiger partial charge < -0.3 is 6.53 Å². The number of carboxylic acid groups (broad SMARTS) is 1. The third-order valence-corrected chi connectivity index (χ3v) is 3.61. The molecule has 1 heterocycles. The van der Waals surface area contributed by atoms with Gasteiger partial charge in [-0.3, -0.25) is 0 Å². The standard InChI is InChI=1S/C16H28N2O2.Na.H/c1-3-4-5-6-7-8-9-10-11-12-15-17-14(2)13-18(15)16(19)20;;/h13H,3-12H2,1-2H3,(H,19,20);;/q;+1;-1. The van der Waals surface area contributed by atoms with Crippen molar-refractivity contribution in [3.8, 4) is 0 Å². The molecule has 4 nitrogen and oxygen atoms in total. The van der Waals surface area contributed by atoms with Crippen molar-refractivity contribution in [1.29, 1.82) is 0 Å². The summed E-state index contributed by atoms with van der Waals surface area (Å²) in [5.41, 5.74) is 0.776. The molecule has 0 bridgehead atoms. The molecule has 116 valence electrons. The molecule has 0 radical (unpaired) electrons. The predicted molar refractivity (Wildman–Crippen MR) is 82.4 cm³/mol. The van der Waals surface area contributed by atoms with E-state index in [2.05, 4.69) is 11.9 Å². The molecular weight excluding hydrogens is 275 g/mol. The molecule has 0 saturated carbocycles. The zero-order valence-electron chi connectivity index (χ0n) is 14.9. The van der Waals surface area contributed by atoms with E-state index in [0.29, 0.717) is 5.82 Å². The zero-order valence-corrected chi connectivity index (χ0v) is 15.9. The minimum Gasteiger partial charge on any atom is -1.00 e. The van der Waals surface area contributed by atoms with Crippen molar-refractivity contribution in [3.63, 3.8) is 0 Å². The fourth-order valence-corrected chi connectivity index (χ4v) is 2.48. The summed E-state index contributed by atoms with van der Waals surface area (Å²) in [6.07, 6.45) is 12.9. The van der Waals surface area contributed by atoms with Crippen LogP contribution in [0.2, 0.25) is 0 Å². The third kappa shape index (κ3) is 8.64. The van der Waals surface area contributed by atoms with Gasteiger partial charge in [0.05, 0.1) is 5.69 Å². The number of unbranched alkanes of at least 4 members (excludes halogenated alkanes) is 8. The molecule has 0 aliphatic rings. The van der Waals surface area contributed by atoms with Crippen LogP contribution in [0.4, 0.5) is 4.79 Å². The largest absolute Gasteiger partial charge is 1.00 e. The molecule has 0 atom stereocenters. The normalized spacial score (nSPS) is 10.4. The first-order chi connectivity index (χ1) is 9.65. The minimum absolute atomic E-state index is 0. The molecule has 0 unspecified atom stereocenters. The number of hydrogen-bond donors (Lipinski definition) is 1. The molecule has 0 fully saturated rings. The summed E-state index contributed by atoms with van der Waals surface area (Å²) >= 11 is 0. The Balaban J connectivity index is 0. The van der Waals surface area contributed by atoms with E-state index in [-0.39, 0.29) is 31.0 Å². The van der Waals surface area contributed by atoms with Gasteiger partial charge in [0.1, 0.15) is 5.82 Å². The van der Waals surface area contributed by atoms with Crippen LogP contribution >= 0.6 is 0 Å². The molecule has 0 spiro atoms. The molecule has 1 rings (SSSR count). The molecule has 0 amide bonds. The summed E-state index contributed by atoms with van der Waals surface area (Å²) < 4.78 is 1.25. The van der Waals surface area contributed by atoms with E-state index in [1.807, 2.05) is 6.92 Å². The van der Waals surface area contributed by atoms with Gasteiger partial charge in [-0.15, -0.1) is 0 Å². The van der Waals surface area contributed by atoms with E-state index < -0.39 is 6.09 Å². The van der Waals surface area contributed by atoms with Crippen molar-refractivity contribution >= 4 is 6.09 Å². The maximum atomic E-state index is 11.0. The van der Waals surface area contributed by atoms with Gasteiger partial charge in [-0.2, -0.15) is 0 Å². The van der Waals surface area contributed by atoms with Crippen LogP contribution in [-0.4, -0.2) is 20.8 Å². The van der Waals surface area contributed by atoms with Crippen LogP contribution in [0.15, 0.2) is 6.20 Å². The van der Waals surface area contributed by atoms with Gasteiger partial charge in [0, 0.05) is 12.6 Å². The van der Waals surface area contributed by atoms with Gasteiger partial charge in [0.25, 0.3) is 0 Å². The number of imidazole rings is 1. The number of aryl methyl sites for hydroxylation is 2. The summed E-state index contributed by atoms with van der Waals surface area (Å²) in [7, 11) is 0. The van der Waals surface area contributed by atoms with Crippen LogP contribution in [0.5, 0.6) is 0 Å². The Morgan fingerprint density at radius 2 is 1.67 bits per heavy atom. The Hall–Kier alpha value is -0.320. The van der Waals surface area contributed by atoms with Gasteiger partial charge in [-0.25, -0.2) is 14.3 Å². The van der Waals surface area contributed by atoms with Crippen molar-refractivity contribution in [1.82, 2.24) is 9.55 Å². The average molecular weight is 304 g/mol. The molecule has 1 aromatic heterocycles. The van der Waals surface area contributed by atoms with Crippen LogP contribution in [0, 0.1) is 6.92 Å². The molecule has 0 saturated heterocycles. The van der Waals surface area contributed by atoms with E-state index in [4.69, 9.17) is 5.11 Å². The summed E-state index contributed by atoms with van der Waals surface area (Å²) in [5.74, 6) is 0.679. The second-order valence-corrected chi connectivity index (χ2v) is 5.53. The smallest absolute Gasteiger partial charge is 1.00 e. The number of rotatable bonds is 10. The van der Waals surface area contributed by atoms with Gasteiger partial charge >= 0.3 is 35.7 Å². The van der Waals surface area contributed by atoms with Gasteiger partial charge in [0.15, 0.2) is 0 Å². The van der Waals surface area contributed by atoms with Crippen molar-refractivity contribution in [3.05, 3.63) is 17.7 Å². The number of carbonyl (C=O) groups is 1. The quantitative estimate of drug-likeness (QED) is 0.531. The minimum atomic E-state index is -0.934. The van der Waals surface area contributed by atoms with Gasteiger partial charge in [-0.1, -0.05) is 58.3 Å². The second kappa shape index (κ2) is 12.2. The van der Waals surface area contributed by atoms with Crippen LogP contribution in [0.1, 0.15) is 77.7 Å². The fraction of sp³-hybridized carbons (Fsp3) is 0.750. The topological polar surface area (TPSA) is 55.1 Å². The molecule has 0 aromatic carbocycles. The monoisotopic (exact) mass is 304 g/mol. The summed E-state index contributed by atoms with van der Waals surface area (Å²) in [5, 5.41) is 9.05. The Morgan fingerprint density at radius 1 is 1.14 bits per heavy atom. The maximum Gasteiger partial charge on any atom is 1.00 e. The van der Waals surface area contributed by atoms with Crippen LogP contribution < -0.4 is 29.6 Å². The summed E-state index contributed by atoms with van der Waals surface area (Å²) in [6.45, 7) is 4.07. The maximum absolute atomic E-state index is 11.0. The van der Waals surface area contributed by atoms with Gasteiger partial charge in [-0.05, 0) is 13.3 Å². The molecular formula is C16H29N2NaO2. The number of hydrogen-bond acceptors (Lipinski definition) is 2. The Morgan fingerprint density at radius 3 is 2.19 bits per heavy atom. The first-order valence-corrected chi connectivity index (χ1v) is 7.93. The van der Waals surface area contributed by atoms with E-state index in [1.165, 1.54) is 55.9 Å². The van der Waals surface area contributed by atoms with Crippen molar-refractivity contribution in [2.75, 3.05) is 0 Å². The molecule has 21 heavy (non-hydrogen) atoms. The van der Waals surface area contributed by atoms with Gasteiger partial charge in [0.2, 0.25) is 0 Å². The van der Waals surface area contributed by atoms with Crippen molar-refractivity contribution < 1.29 is 40.9 Å². The Bertz CT molecular complexity index is 411. The van der Waals surface area contributed by atoms with E-state index in [1.54, 1.807) is 6.20 Å². The SMILES string of the molecule is CCCCCCCCCCCc1nc(C)cn1C(=O)O.[H-].[Na+].